The van der Waals surface area contributed by atoms with E-state index in [4.69, 9.17) is 0 Å². The number of rotatable bonds is 1. The average Bonchev–Trinajstić information content (AvgIpc) is 2.18. The summed E-state index contributed by atoms with van der Waals surface area (Å²) in [7, 11) is 0. The number of nitrogens with one attached hydrogen (secondary N) is 3. The van der Waals surface area contributed by atoms with Crippen LogP contribution < -0.4 is 16.4 Å². The Morgan fingerprint density at radius 1 is 1.38 bits per heavy atom. The highest BCUT2D eigenvalue weighted by Gasteiger charge is 2.06. The summed E-state index contributed by atoms with van der Waals surface area (Å²) < 4.78 is 0. The number of aromatic nitrogens is 4. The standard InChI is InChI=1S/C8H7N5O3/c1-3(14)10-8-12-6-5(7(16)13-8)11-4(15)2-9-6/h2H,1H3,(H,11,15)(H2,9,10,12,13,14,16). The molecule has 16 heavy (non-hydrogen) atoms. The largest absolute Gasteiger partial charge is 0.313 e. The van der Waals surface area contributed by atoms with Gasteiger partial charge in [-0.05, 0) is 0 Å². The summed E-state index contributed by atoms with van der Waals surface area (Å²) in [5.41, 5.74) is -1.03. The number of aromatic amines is 2. The zero-order valence-electron chi connectivity index (χ0n) is 8.20. The summed E-state index contributed by atoms with van der Waals surface area (Å²) >= 11 is 0. The van der Waals surface area contributed by atoms with Crippen LogP contribution in [0.15, 0.2) is 15.8 Å². The second-order valence-electron chi connectivity index (χ2n) is 3.04. The lowest BCUT2D eigenvalue weighted by Crippen LogP contribution is -2.20. The normalized spacial score (nSPS) is 10.3. The molecule has 0 aliphatic carbocycles. The lowest BCUT2D eigenvalue weighted by Gasteiger charge is -2.01. The number of anilines is 1. The third-order valence-corrected chi connectivity index (χ3v) is 1.75. The van der Waals surface area contributed by atoms with Gasteiger partial charge in [0.1, 0.15) is 0 Å². The lowest BCUT2D eigenvalue weighted by molar-refractivity contribution is -0.114. The van der Waals surface area contributed by atoms with Gasteiger partial charge in [0.25, 0.3) is 11.1 Å². The van der Waals surface area contributed by atoms with Crippen molar-refractivity contribution in [2.24, 2.45) is 0 Å². The molecule has 0 aliphatic rings. The van der Waals surface area contributed by atoms with Crippen LogP contribution in [0, 0.1) is 0 Å². The van der Waals surface area contributed by atoms with Crippen molar-refractivity contribution in [1.29, 1.82) is 0 Å². The highest BCUT2D eigenvalue weighted by atomic mass is 16.2. The fourth-order valence-electron chi connectivity index (χ4n) is 1.17. The summed E-state index contributed by atoms with van der Waals surface area (Å²) in [6, 6.07) is 0. The number of carbonyl (C=O) groups is 1. The van der Waals surface area contributed by atoms with E-state index in [2.05, 4.69) is 25.3 Å². The van der Waals surface area contributed by atoms with Crippen molar-refractivity contribution in [3.05, 3.63) is 26.9 Å². The molecular formula is C8H7N5O3. The number of hydrogen-bond acceptors (Lipinski definition) is 5. The fourth-order valence-corrected chi connectivity index (χ4v) is 1.17. The van der Waals surface area contributed by atoms with Gasteiger partial charge in [0.15, 0.2) is 11.2 Å². The molecule has 0 fully saturated rings. The Balaban J connectivity index is 2.68. The first-order valence-electron chi connectivity index (χ1n) is 4.33. The molecule has 0 bridgehead atoms. The molecule has 0 saturated heterocycles. The third kappa shape index (κ3) is 1.80. The molecule has 0 saturated carbocycles. The van der Waals surface area contributed by atoms with Gasteiger partial charge < -0.3 is 4.98 Å². The smallest absolute Gasteiger partial charge is 0.278 e. The van der Waals surface area contributed by atoms with Gasteiger partial charge in [-0.15, -0.1) is 0 Å². The van der Waals surface area contributed by atoms with Crippen molar-refractivity contribution >= 4 is 23.0 Å². The molecule has 82 valence electrons. The van der Waals surface area contributed by atoms with Gasteiger partial charge in [-0.25, -0.2) is 4.98 Å². The van der Waals surface area contributed by atoms with E-state index < -0.39 is 11.1 Å². The molecule has 0 spiro atoms. The molecule has 2 aromatic rings. The first-order valence-corrected chi connectivity index (χ1v) is 4.33. The van der Waals surface area contributed by atoms with Crippen molar-refractivity contribution in [2.75, 3.05) is 5.32 Å². The maximum absolute atomic E-state index is 11.5. The van der Waals surface area contributed by atoms with Gasteiger partial charge >= 0.3 is 0 Å². The van der Waals surface area contributed by atoms with Gasteiger partial charge in [-0.1, -0.05) is 0 Å². The van der Waals surface area contributed by atoms with Crippen LogP contribution in [-0.2, 0) is 4.79 Å². The number of fused-ring (bicyclic) bond motifs is 1. The van der Waals surface area contributed by atoms with E-state index in [1.807, 2.05) is 0 Å². The SMILES string of the molecule is CC(=O)Nc1nc2ncc(=O)[nH]c2c(=O)[nH]1. The molecule has 2 aromatic heterocycles. The van der Waals surface area contributed by atoms with Gasteiger partial charge in [0.05, 0.1) is 6.20 Å². The van der Waals surface area contributed by atoms with E-state index in [-0.39, 0.29) is 23.0 Å². The predicted molar refractivity (Wildman–Crippen MR) is 55.1 cm³/mol. The van der Waals surface area contributed by atoms with Crippen LogP contribution in [0.4, 0.5) is 5.95 Å². The van der Waals surface area contributed by atoms with E-state index in [0.717, 1.165) is 6.20 Å². The minimum absolute atomic E-state index is 0.00968. The molecule has 0 atom stereocenters. The Morgan fingerprint density at radius 3 is 2.81 bits per heavy atom. The zero-order valence-corrected chi connectivity index (χ0v) is 8.20. The molecule has 0 radical (unpaired) electrons. The summed E-state index contributed by atoms with van der Waals surface area (Å²) in [5, 5.41) is 2.31. The highest BCUT2D eigenvalue weighted by molar-refractivity contribution is 5.87. The number of carbonyl (C=O) groups excluding carboxylic acids is 1. The second kappa shape index (κ2) is 3.57. The van der Waals surface area contributed by atoms with Gasteiger partial charge in [-0.2, -0.15) is 4.98 Å². The summed E-state index contributed by atoms with van der Waals surface area (Å²) in [6.45, 7) is 1.28. The summed E-state index contributed by atoms with van der Waals surface area (Å²) in [6.07, 6.45) is 1.01. The Hall–Kier alpha value is -2.51. The quantitative estimate of drug-likeness (QED) is 0.568. The molecule has 0 aromatic carbocycles. The Kier molecular flexibility index (Phi) is 2.24. The van der Waals surface area contributed by atoms with E-state index in [9.17, 15) is 14.4 Å². The average molecular weight is 221 g/mol. The van der Waals surface area contributed by atoms with Crippen molar-refractivity contribution in [3.63, 3.8) is 0 Å². The van der Waals surface area contributed by atoms with E-state index in [1.54, 1.807) is 0 Å². The van der Waals surface area contributed by atoms with Crippen LogP contribution in [0.2, 0.25) is 0 Å². The second-order valence-corrected chi connectivity index (χ2v) is 3.04. The van der Waals surface area contributed by atoms with Crippen LogP contribution in [0.1, 0.15) is 6.92 Å². The molecule has 3 N–H and O–H groups in total. The van der Waals surface area contributed by atoms with E-state index in [1.165, 1.54) is 6.92 Å². The maximum Gasteiger partial charge on any atom is 0.278 e. The number of H-pyrrole nitrogens is 2. The van der Waals surface area contributed by atoms with Crippen LogP contribution in [-0.4, -0.2) is 25.8 Å². The van der Waals surface area contributed by atoms with Crippen LogP contribution in [0.3, 0.4) is 0 Å². The molecule has 0 unspecified atom stereocenters. The molecule has 1 amide bonds. The van der Waals surface area contributed by atoms with Gasteiger partial charge in [0, 0.05) is 6.92 Å². The number of nitrogens with zero attached hydrogens (tertiary/aromatic N) is 2. The third-order valence-electron chi connectivity index (χ3n) is 1.75. The van der Waals surface area contributed by atoms with Gasteiger partial charge in [-0.3, -0.25) is 24.7 Å². The first kappa shape index (κ1) is 10.0. The van der Waals surface area contributed by atoms with Crippen molar-refractivity contribution in [2.45, 2.75) is 6.92 Å². The Labute approximate surface area is 87.8 Å². The first-order chi connectivity index (χ1) is 7.56. The lowest BCUT2D eigenvalue weighted by atomic mass is 10.5. The number of amides is 1. The van der Waals surface area contributed by atoms with E-state index >= 15 is 0 Å². The monoisotopic (exact) mass is 221 g/mol. The predicted octanol–water partition coefficient (Wildman–Crippen LogP) is -1.04. The van der Waals surface area contributed by atoms with Crippen molar-refractivity contribution < 1.29 is 4.79 Å². The minimum atomic E-state index is -0.570. The summed E-state index contributed by atoms with van der Waals surface area (Å²) in [5.74, 6) is -0.378. The Bertz CT molecular complexity index is 671. The summed E-state index contributed by atoms with van der Waals surface area (Å²) in [4.78, 5) is 45.3. The Morgan fingerprint density at radius 2 is 2.12 bits per heavy atom. The van der Waals surface area contributed by atoms with Crippen molar-refractivity contribution in [1.82, 2.24) is 19.9 Å². The van der Waals surface area contributed by atoms with Crippen LogP contribution in [0.5, 0.6) is 0 Å². The number of hydrogen-bond donors (Lipinski definition) is 3. The van der Waals surface area contributed by atoms with Crippen LogP contribution >= 0.6 is 0 Å². The molecule has 0 aliphatic heterocycles. The molecule has 2 rings (SSSR count). The zero-order chi connectivity index (χ0) is 11.7. The maximum atomic E-state index is 11.5. The van der Waals surface area contributed by atoms with Crippen LogP contribution in [0.25, 0.3) is 11.2 Å². The molecule has 8 heteroatoms. The topological polar surface area (TPSA) is 121 Å². The minimum Gasteiger partial charge on any atom is -0.313 e. The molecular weight excluding hydrogens is 214 g/mol. The highest BCUT2D eigenvalue weighted by Crippen LogP contribution is 2.00. The molecule has 8 nitrogen and oxygen atoms in total. The fraction of sp³-hybridized carbons (Fsp3) is 0.125. The van der Waals surface area contributed by atoms with E-state index in [0.29, 0.717) is 0 Å². The molecule has 2 heterocycles. The van der Waals surface area contributed by atoms with Gasteiger partial charge in [0.2, 0.25) is 11.9 Å². The van der Waals surface area contributed by atoms with Crippen molar-refractivity contribution in [3.8, 4) is 0 Å².